The maximum atomic E-state index is 13.2. The molecule has 0 saturated carbocycles. The summed E-state index contributed by atoms with van der Waals surface area (Å²) in [6, 6.07) is 10.7. The predicted molar refractivity (Wildman–Crippen MR) is 124 cm³/mol. The number of benzene rings is 2. The molecule has 2 aromatic carbocycles. The molecule has 1 aliphatic heterocycles. The third-order valence-electron chi connectivity index (χ3n) is 5.59. The van der Waals surface area contributed by atoms with Crippen LogP contribution in [0.15, 0.2) is 46.2 Å². The van der Waals surface area contributed by atoms with Crippen molar-refractivity contribution in [1.82, 2.24) is 4.90 Å². The molecule has 0 unspecified atom stereocenters. The number of thioether (sulfide) groups is 1. The van der Waals surface area contributed by atoms with E-state index in [1.54, 1.807) is 12.1 Å². The lowest BCUT2D eigenvalue weighted by Gasteiger charge is -2.27. The van der Waals surface area contributed by atoms with Crippen LogP contribution in [0.25, 0.3) is 0 Å². The average Bonchev–Trinajstić information content (AvgIpc) is 2.78. The topological polar surface area (TPSA) is 66.5 Å². The van der Waals surface area contributed by atoms with Crippen molar-refractivity contribution >= 4 is 33.4 Å². The van der Waals surface area contributed by atoms with Crippen LogP contribution in [0.4, 0.5) is 5.69 Å². The molecule has 0 radical (unpaired) electrons. The van der Waals surface area contributed by atoms with Crippen LogP contribution in [0.3, 0.4) is 0 Å². The highest BCUT2D eigenvalue weighted by Crippen LogP contribution is 2.29. The first-order chi connectivity index (χ1) is 14.4. The third kappa shape index (κ3) is 4.83. The third-order valence-corrected chi connectivity index (χ3v) is 7.73. The van der Waals surface area contributed by atoms with Crippen LogP contribution in [-0.4, -0.2) is 38.6 Å². The van der Waals surface area contributed by atoms with Gasteiger partial charge in [-0.15, -0.1) is 11.8 Å². The number of carbonyl (C=O) groups excluding carboxylic acids is 1. The van der Waals surface area contributed by atoms with Gasteiger partial charge in [0.2, 0.25) is 0 Å². The van der Waals surface area contributed by atoms with Crippen molar-refractivity contribution in [1.29, 1.82) is 0 Å². The van der Waals surface area contributed by atoms with Gasteiger partial charge in [0.25, 0.3) is 15.9 Å². The minimum absolute atomic E-state index is 0.0840. The van der Waals surface area contributed by atoms with Crippen molar-refractivity contribution in [2.75, 3.05) is 24.1 Å². The lowest BCUT2D eigenvalue weighted by atomic mass is 10.0. The van der Waals surface area contributed by atoms with Crippen molar-refractivity contribution in [2.45, 2.75) is 55.7 Å². The Bertz CT molecular complexity index is 991. The Labute approximate surface area is 184 Å². The molecule has 5 nitrogen and oxygen atoms in total. The van der Waals surface area contributed by atoms with Gasteiger partial charge in [0, 0.05) is 18.0 Å². The highest BCUT2D eigenvalue weighted by molar-refractivity contribution is 7.98. The Morgan fingerprint density at radius 2 is 1.67 bits per heavy atom. The number of sulfonamides is 1. The molecule has 30 heavy (non-hydrogen) atoms. The molecular formula is C23H30N2O3S2. The van der Waals surface area contributed by atoms with E-state index >= 15 is 0 Å². The van der Waals surface area contributed by atoms with E-state index in [1.807, 2.05) is 43.2 Å². The van der Waals surface area contributed by atoms with Crippen LogP contribution >= 0.6 is 11.8 Å². The molecule has 0 aliphatic carbocycles. The number of likely N-dealkylation sites (tertiary alicyclic amines) is 1. The summed E-state index contributed by atoms with van der Waals surface area (Å²) < 4.78 is 29.3. The smallest absolute Gasteiger partial charge is 0.261 e. The number of anilines is 1. The van der Waals surface area contributed by atoms with E-state index < -0.39 is 10.0 Å². The molecule has 1 heterocycles. The fraction of sp³-hybridized carbons (Fsp3) is 0.435. The summed E-state index contributed by atoms with van der Waals surface area (Å²) in [4.78, 5) is 15.9. The minimum Gasteiger partial charge on any atom is -0.339 e. The number of amides is 1. The summed E-state index contributed by atoms with van der Waals surface area (Å²) >= 11 is 1.46. The molecule has 7 heteroatoms. The summed E-state index contributed by atoms with van der Waals surface area (Å²) in [6.07, 6.45) is 6.49. The molecule has 1 aliphatic rings. The maximum Gasteiger partial charge on any atom is 0.261 e. The van der Waals surface area contributed by atoms with E-state index in [9.17, 15) is 13.2 Å². The Morgan fingerprint density at radius 1 is 1.03 bits per heavy atom. The lowest BCUT2D eigenvalue weighted by Crippen LogP contribution is -2.36. The zero-order valence-electron chi connectivity index (χ0n) is 17.9. The molecule has 0 bridgehead atoms. The van der Waals surface area contributed by atoms with E-state index in [1.165, 1.54) is 17.8 Å². The van der Waals surface area contributed by atoms with Crippen LogP contribution in [-0.2, 0) is 22.9 Å². The van der Waals surface area contributed by atoms with E-state index in [-0.39, 0.29) is 10.8 Å². The molecular weight excluding hydrogens is 416 g/mol. The molecule has 1 saturated heterocycles. The van der Waals surface area contributed by atoms with E-state index in [4.69, 9.17) is 0 Å². The summed E-state index contributed by atoms with van der Waals surface area (Å²) in [7, 11) is -3.82. The standard InChI is InChI=1S/C23H30N2O3S2/c1-4-17-10-9-11-18(5-2)22(17)24-30(27,28)19-12-13-21(29-3)20(16-19)23(26)25-14-7-6-8-15-25/h9-13,16,24H,4-8,14-15H2,1-3H3. The van der Waals surface area contributed by atoms with Gasteiger partial charge in [-0.05, 0) is 67.7 Å². The number of hydrogen-bond acceptors (Lipinski definition) is 4. The molecule has 0 aromatic heterocycles. The van der Waals surface area contributed by atoms with Crippen molar-refractivity contribution in [2.24, 2.45) is 0 Å². The first-order valence-electron chi connectivity index (χ1n) is 10.5. The monoisotopic (exact) mass is 446 g/mol. The Hall–Kier alpha value is -1.99. The molecule has 0 atom stereocenters. The van der Waals surface area contributed by atoms with Gasteiger partial charge >= 0.3 is 0 Å². The highest BCUT2D eigenvalue weighted by Gasteiger charge is 2.24. The van der Waals surface area contributed by atoms with Crippen LogP contribution in [0, 0.1) is 0 Å². The van der Waals surface area contributed by atoms with Crippen LogP contribution < -0.4 is 4.72 Å². The fourth-order valence-electron chi connectivity index (χ4n) is 3.86. The lowest BCUT2D eigenvalue weighted by molar-refractivity contribution is 0.0720. The van der Waals surface area contributed by atoms with Gasteiger partial charge < -0.3 is 4.90 Å². The molecule has 1 amide bonds. The summed E-state index contributed by atoms with van der Waals surface area (Å²) in [6.45, 7) is 5.47. The maximum absolute atomic E-state index is 13.2. The number of carbonyl (C=O) groups is 1. The van der Waals surface area contributed by atoms with Gasteiger partial charge in [-0.3, -0.25) is 9.52 Å². The molecule has 1 fully saturated rings. The first-order valence-corrected chi connectivity index (χ1v) is 13.2. The van der Waals surface area contributed by atoms with E-state index in [2.05, 4.69) is 4.72 Å². The van der Waals surface area contributed by atoms with Gasteiger partial charge in [0.15, 0.2) is 0 Å². The van der Waals surface area contributed by atoms with Crippen molar-refractivity contribution in [3.8, 4) is 0 Å². The Morgan fingerprint density at radius 3 is 2.23 bits per heavy atom. The number of rotatable bonds is 7. The average molecular weight is 447 g/mol. The number of nitrogens with one attached hydrogen (secondary N) is 1. The molecule has 3 rings (SSSR count). The van der Waals surface area contributed by atoms with Gasteiger partial charge in [-0.2, -0.15) is 0 Å². The second kappa shape index (κ2) is 9.88. The molecule has 0 spiro atoms. The zero-order chi connectivity index (χ0) is 21.7. The molecule has 2 aromatic rings. The second-order valence-corrected chi connectivity index (χ2v) is 10.0. The summed E-state index contributed by atoms with van der Waals surface area (Å²) in [5.41, 5.74) is 3.04. The van der Waals surface area contributed by atoms with Crippen LogP contribution in [0.1, 0.15) is 54.6 Å². The summed E-state index contributed by atoms with van der Waals surface area (Å²) in [5, 5.41) is 0. The molecule has 162 valence electrons. The van der Waals surface area contributed by atoms with Gasteiger partial charge in [-0.1, -0.05) is 32.0 Å². The van der Waals surface area contributed by atoms with Gasteiger partial charge in [0.05, 0.1) is 16.1 Å². The minimum atomic E-state index is -3.82. The Kier molecular flexibility index (Phi) is 7.47. The van der Waals surface area contributed by atoms with Crippen molar-refractivity contribution in [3.63, 3.8) is 0 Å². The van der Waals surface area contributed by atoms with Gasteiger partial charge in [0.1, 0.15) is 0 Å². The highest BCUT2D eigenvalue weighted by atomic mass is 32.2. The largest absolute Gasteiger partial charge is 0.339 e. The van der Waals surface area contributed by atoms with E-state index in [0.717, 1.165) is 61.2 Å². The van der Waals surface area contributed by atoms with E-state index in [0.29, 0.717) is 11.3 Å². The zero-order valence-corrected chi connectivity index (χ0v) is 19.5. The van der Waals surface area contributed by atoms with Gasteiger partial charge in [-0.25, -0.2) is 8.42 Å². The quantitative estimate of drug-likeness (QED) is 0.611. The second-order valence-electron chi connectivity index (χ2n) is 7.48. The van der Waals surface area contributed by atoms with Crippen LogP contribution in [0.5, 0.6) is 0 Å². The number of hydrogen-bond donors (Lipinski definition) is 1. The normalized spacial score (nSPS) is 14.6. The van der Waals surface area contributed by atoms with Crippen molar-refractivity contribution in [3.05, 3.63) is 53.1 Å². The Balaban J connectivity index is 1.98. The number of para-hydroxylation sites is 1. The first kappa shape index (κ1) is 22.7. The van der Waals surface area contributed by atoms with Crippen molar-refractivity contribution < 1.29 is 13.2 Å². The number of aryl methyl sites for hydroxylation is 2. The van der Waals surface area contributed by atoms with Crippen LogP contribution in [0.2, 0.25) is 0 Å². The number of piperidine rings is 1. The SMILES string of the molecule is CCc1cccc(CC)c1NS(=O)(=O)c1ccc(SC)c(C(=O)N2CCCCC2)c1. The predicted octanol–water partition coefficient (Wildman–Crippen LogP) is 4.96. The number of nitrogens with zero attached hydrogens (tertiary/aromatic N) is 1. The fourth-order valence-corrected chi connectivity index (χ4v) is 5.59. The molecule has 1 N–H and O–H groups in total. The summed E-state index contributed by atoms with van der Waals surface area (Å²) in [5.74, 6) is -0.0840.